The van der Waals surface area contributed by atoms with Gasteiger partial charge in [0.05, 0.1) is 24.2 Å². The number of carbonyl (C=O) groups is 2. The minimum atomic E-state index is -0.728. The SMILES string of the molecule is CCSc1nc(N2[C@@H]3CC[C@H]2CN(C(=O)OC(C)(C)C)C3)c2c3c(c(-c4cccc5sc(NC(=O)OC(C)(C)C)c(C#N)c45)c(F)c2n1)COC3. The summed E-state index contributed by atoms with van der Waals surface area (Å²) < 4.78 is 35.4. The fourth-order valence-electron chi connectivity index (χ4n) is 7.33. The molecule has 2 saturated heterocycles. The van der Waals surface area contributed by atoms with Gasteiger partial charge >= 0.3 is 12.2 Å². The van der Waals surface area contributed by atoms with Crippen molar-refractivity contribution in [2.24, 2.45) is 0 Å². The number of rotatable bonds is 5. The van der Waals surface area contributed by atoms with Gasteiger partial charge in [0.2, 0.25) is 0 Å². The van der Waals surface area contributed by atoms with E-state index >= 15 is 4.39 Å². The molecule has 4 aromatic rings. The predicted molar refractivity (Wildman–Crippen MR) is 197 cm³/mol. The molecule has 2 fully saturated rings. The van der Waals surface area contributed by atoms with E-state index in [1.165, 1.54) is 23.1 Å². The van der Waals surface area contributed by atoms with Gasteiger partial charge < -0.3 is 24.0 Å². The van der Waals surface area contributed by atoms with E-state index in [1.807, 2.05) is 39.8 Å². The van der Waals surface area contributed by atoms with E-state index in [2.05, 4.69) is 16.3 Å². The van der Waals surface area contributed by atoms with Crippen LogP contribution in [-0.4, -0.2) is 69.2 Å². The third kappa shape index (κ3) is 6.56. The lowest BCUT2D eigenvalue weighted by molar-refractivity contribution is 0.0209. The summed E-state index contributed by atoms with van der Waals surface area (Å²) in [4.78, 5) is 39.7. The van der Waals surface area contributed by atoms with E-state index in [-0.39, 0.29) is 42.5 Å². The van der Waals surface area contributed by atoms with Crippen LogP contribution in [-0.2, 0) is 27.4 Å². The highest BCUT2D eigenvalue weighted by atomic mass is 32.2. The number of amides is 2. The number of thioether (sulfide) groups is 1. The normalized spacial score (nSPS) is 18.6. The molecule has 11 nitrogen and oxygen atoms in total. The molecule has 1 N–H and O–H groups in total. The molecule has 0 aliphatic carbocycles. The molecule has 268 valence electrons. The third-order valence-electron chi connectivity index (χ3n) is 9.12. The van der Waals surface area contributed by atoms with E-state index < -0.39 is 23.1 Å². The van der Waals surface area contributed by atoms with Crippen molar-refractivity contribution >= 4 is 67.1 Å². The number of nitrogens with one attached hydrogen (secondary N) is 1. The molecule has 7 rings (SSSR count). The molecule has 2 bridgehead atoms. The van der Waals surface area contributed by atoms with Crippen LogP contribution in [0.2, 0.25) is 0 Å². The maximum Gasteiger partial charge on any atom is 0.412 e. The number of benzene rings is 2. The van der Waals surface area contributed by atoms with Gasteiger partial charge in [0.25, 0.3) is 0 Å². The molecule has 3 aliphatic rings. The third-order valence-corrected chi connectivity index (χ3v) is 10.9. The van der Waals surface area contributed by atoms with Crippen molar-refractivity contribution in [2.45, 2.75) is 103 Å². The van der Waals surface area contributed by atoms with Crippen LogP contribution < -0.4 is 10.2 Å². The molecule has 2 aromatic carbocycles. The number of hydrogen-bond donors (Lipinski definition) is 1. The van der Waals surface area contributed by atoms with Gasteiger partial charge in [-0.1, -0.05) is 30.8 Å². The van der Waals surface area contributed by atoms with Crippen molar-refractivity contribution in [3.05, 3.63) is 40.7 Å². The van der Waals surface area contributed by atoms with Gasteiger partial charge in [-0.3, -0.25) is 5.32 Å². The van der Waals surface area contributed by atoms with Gasteiger partial charge in [0, 0.05) is 40.8 Å². The number of carbonyl (C=O) groups excluding carboxylic acids is 2. The van der Waals surface area contributed by atoms with Crippen LogP contribution in [0.3, 0.4) is 0 Å². The average molecular weight is 733 g/mol. The Morgan fingerprint density at radius 3 is 2.39 bits per heavy atom. The standard InChI is InChI=1S/C37H41FN6O5S2/c1-8-50-33-40-30-28(31(41-33)44-19-12-13-20(44)16-43(15-19)35(46)49-37(5,6)7)24-18-47-17-23(24)27(29(30)38)21-10-9-11-25-26(21)22(14-39)32(51-25)42-34(45)48-36(2,3)4/h9-11,19-20H,8,12-13,15-18H2,1-7H3,(H,42,45)/t19-,20+. The van der Waals surface area contributed by atoms with Gasteiger partial charge in [-0.25, -0.2) is 23.9 Å². The molecule has 2 amide bonds. The average Bonchev–Trinajstić information content (AvgIpc) is 3.72. The number of halogens is 1. The van der Waals surface area contributed by atoms with Crippen LogP contribution >= 0.6 is 23.1 Å². The van der Waals surface area contributed by atoms with Crippen LogP contribution in [0.4, 0.5) is 24.8 Å². The highest BCUT2D eigenvalue weighted by molar-refractivity contribution is 7.99. The van der Waals surface area contributed by atoms with Gasteiger partial charge in [-0.05, 0) is 82.9 Å². The molecule has 0 saturated carbocycles. The second-order valence-corrected chi connectivity index (χ2v) is 17.3. The monoisotopic (exact) mass is 732 g/mol. The highest BCUT2D eigenvalue weighted by Crippen LogP contribution is 2.48. The Balaban J connectivity index is 1.38. The van der Waals surface area contributed by atoms with Crippen LogP contribution in [0.5, 0.6) is 0 Å². The molecule has 51 heavy (non-hydrogen) atoms. The van der Waals surface area contributed by atoms with E-state index in [4.69, 9.17) is 24.2 Å². The molecule has 14 heteroatoms. The lowest BCUT2D eigenvalue weighted by Gasteiger charge is -2.42. The Kier molecular flexibility index (Phi) is 9.04. The predicted octanol–water partition coefficient (Wildman–Crippen LogP) is 8.60. The van der Waals surface area contributed by atoms with Crippen molar-refractivity contribution in [2.75, 3.05) is 29.1 Å². The molecule has 0 unspecified atom stereocenters. The van der Waals surface area contributed by atoms with Crippen molar-refractivity contribution in [3.63, 3.8) is 0 Å². The van der Waals surface area contributed by atoms with Crippen LogP contribution in [0, 0.1) is 17.1 Å². The zero-order chi connectivity index (χ0) is 36.4. The first kappa shape index (κ1) is 35.2. The van der Waals surface area contributed by atoms with E-state index in [9.17, 15) is 14.9 Å². The first-order chi connectivity index (χ1) is 24.2. The Morgan fingerprint density at radius 1 is 1.06 bits per heavy atom. The number of hydrogen-bond acceptors (Lipinski definition) is 11. The van der Waals surface area contributed by atoms with E-state index in [0.717, 1.165) is 18.4 Å². The Morgan fingerprint density at radius 2 is 1.75 bits per heavy atom. The summed E-state index contributed by atoms with van der Waals surface area (Å²) in [5.74, 6) is 0.842. The molecule has 0 radical (unpaired) electrons. The maximum absolute atomic E-state index is 17.5. The molecule has 0 spiro atoms. The maximum atomic E-state index is 17.5. The second kappa shape index (κ2) is 13.1. The minimum absolute atomic E-state index is 0.0248. The molecule has 3 aliphatic heterocycles. The van der Waals surface area contributed by atoms with E-state index in [1.54, 1.807) is 31.7 Å². The quantitative estimate of drug-likeness (QED) is 0.157. The van der Waals surface area contributed by atoms with Gasteiger partial charge in [0.15, 0.2) is 11.0 Å². The number of ether oxygens (including phenoxy) is 3. The molecular formula is C37H41FN6O5S2. The number of aromatic nitrogens is 2. The summed E-state index contributed by atoms with van der Waals surface area (Å²) in [7, 11) is 0. The summed E-state index contributed by atoms with van der Waals surface area (Å²) in [5.41, 5.74) is 1.45. The Hall–Kier alpha value is -4.19. The number of nitriles is 1. The van der Waals surface area contributed by atoms with Crippen molar-refractivity contribution in [1.29, 1.82) is 5.26 Å². The Labute approximate surface area is 304 Å². The zero-order valence-electron chi connectivity index (χ0n) is 29.8. The van der Waals surface area contributed by atoms with Crippen LogP contribution in [0.15, 0.2) is 23.4 Å². The minimum Gasteiger partial charge on any atom is -0.444 e. The fraction of sp³-hybridized carbons (Fsp3) is 0.486. The number of anilines is 2. The summed E-state index contributed by atoms with van der Waals surface area (Å²) in [6, 6.07) is 7.68. The second-order valence-electron chi connectivity index (χ2n) is 15.0. The largest absolute Gasteiger partial charge is 0.444 e. The lowest BCUT2D eigenvalue weighted by atomic mass is 9.90. The van der Waals surface area contributed by atoms with Crippen molar-refractivity contribution < 1.29 is 28.2 Å². The summed E-state index contributed by atoms with van der Waals surface area (Å²) in [6.45, 7) is 14.3. The van der Waals surface area contributed by atoms with Gasteiger partial charge in [0.1, 0.15) is 33.6 Å². The van der Waals surface area contributed by atoms with Crippen LogP contribution in [0.1, 0.15) is 78.0 Å². The number of fused-ring (bicyclic) bond motifs is 6. The highest BCUT2D eigenvalue weighted by Gasteiger charge is 2.45. The Bertz CT molecular complexity index is 2100. The number of nitrogens with zero attached hydrogens (tertiary/aromatic N) is 5. The molecular weight excluding hydrogens is 692 g/mol. The number of piperazine rings is 1. The number of likely N-dealkylation sites (tertiary alicyclic amines) is 1. The van der Waals surface area contributed by atoms with Gasteiger partial charge in [-0.2, -0.15) is 5.26 Å². The lowest BCUT2D eigenvalue weighted by Crippen LogP contribution is -2.56. The van der Waals surface area contributed by atoms with E-state index in [0.29, 0.717) is 67.0 Å². The van der Waals surface area contributed by atoms with Gasteiger partial charge in [-0.15, -0.1) is 11.3 Å². The summed E-state index contributed by atoms with van der Waals surface area (Å²) in [5, 5.41) is 15.1. The van der Waals surface area contributed by atoms with Crippen molar-refractivity contribution in [3.8, 4) is 17.2 Å². The zero-order valence-corrected chi connectivity index (χ0v) is 31.4. The molecule has 2 aromatic heterocycles. The van der Waals surface area contributed by atoms with Crippen LogP contribution in [0.25, 0.3) is 32.1 Å². The first-order valence-electron chi connectivity index (χ1n) is 17.1. The molecule has 5 heterocycles. The van der Waals surface area contributed by atoms with Crippen molar-refractivity contribution in [1.82, 2.24) is 14.9 Å². The topological polar surface area (TPSA) is 130 Å². The summed E-state index contributed by atoms with van der Waals surface area (Å²) in [6.07, 6.45) is 0.718. The summed E-state index contributed by atoms with van der Waals surface area (Å²) >= 11 is 2.68. The molecule has 2 atom stereocenters. The fourth-order valence-corrected chi connectivity index (χ4v) is 8.96. The first-order valence-corrected chi connectivity index (χ1v) is 18.9. The smallest absolute Gasteiger partial charge is 0.412 e. The number of thiophene rings is 1.